The number of hydrogen-bond acceptors (Lipinski definition) is 4. The van der Waals surface area contributed by atoms with Crippen molar-refractivity contribution in [3.63, 3.8) is 0 Å². The fourth-order valence-corrected chi connectivity index (χ4v) is 4.23. The summed E-state index contributed by atoms with van der Waals surface area (Å²) in [6.07, 6.45) is 5.42. The van der Waals surface area contributed by atoms with Gasteiger partial charge in [0.2, 0.25) is 5.78 Å². The van der Waals surface area contributed by atoms with Crippen LogP contribution in [0.3, 0.4) is 0 Å². The number of likely N-dealkylation sites (tertiary alicyclic amines) is 1. The molecule has 0 bridgehead atoms. The summed E-state index contributed by atoms with van der Waals surface area (Å²) in [6.45, 7) is 1.21. The van der Waals surface area contributed by atoms with E-state index in [0.29, 0.717) is 22.3 Å². The first kappa shape index (κ1) is 17.5. The highest BCUT2D eigenvalue weighted by Crippen LogP contribution is 2.24. The van der Waals surface area contributed by atoms with Crippen LogP contribution in [0.2, 0.25) is 5.02 Å². The number of carbonyl (C=O) groups excluding carboxylic acids is 1. The number of aromatic nitrogens is 2. The topological polar surface area (TPSA) is 38.1 Å². The quantitative estimate of drug-likeness (QED) is 0.576. The molecule has 0 amide bonds. The van der Waals surface area contributed by atoms with Gasteiger partial charge in [-0.3, -0.25) is 4.79 Å². The van der Waals surface area contributed by atoms with Gasteiger partial charge in [0.1, 0.15) is 5.69 Å². The maximum atomic E-state index is 12.6. The zero-order chi connectivity index (χ0) is 17.1. The summed E-state index contributed by atoms with van der Waals surface area (Å²) in [5.41, 5.74) is 1.24. The molecule has 24 heavy (non-hydrogen) atoms. The molecule has 0 radical (unpaired) electrons. The zero-order valence-corrected chi connectivity index (χ0v) is 15.6. The number of rotatable bonds is 6. The van der Waals surface area contributed by atoms with Crippen molar-refractivity contribution in [1.29, 1.82) is 0 Å². The fourth-order valence-electron chi connectivity index (χ4n) is 3.12. The molecule has 2 heterocycles. The van der Waals surface area contributed by atoms with Crippen LogP contribution in [-0.2, 0) is 7.05 Å². The zero-order valence-electron chi connectivity index (χ0n) is 14.0. The van der Waals surface area contributed by atoms with Crippen molar-refractivity contribution in [3.8, 4) is 0 Å². The van der Waals surface area contributed by atoms with Gasteiger partial charge >= 0.3 is 0 Å². The number of hydrogen-bond donors (Lipinski definition) is 0. The van der Waals surface area contributed by atoms with Crippen LogP contribution < -0.4 is 0 Å². The van der Waals surface area contributed by atoms with Crippen LogP contribution >= 0.6 is 23.4 Å². The van der Waals surface area contributed by atoms with Crippen molar-refractivity contribution in [2.45, 2.75) is 30.5 Å². The molecule has 1 unspecified atom stereocenters. The van der Waals surface area contributed by atoms with Crippen LogP contribution in [-0.4, -0.2) is 45.6 Å². The minimum Gasteiger partial charge on any atom is -0.319 e. The molecule has 0 aliphatic carbocycles. The van der Waals surface area contributed by atoms with E-state index >= 15 is 0 Å². The number of carbonyl (C=O) groups is 1. The Morgan fingerprint density at radius 3 is 2.75 bits per heavy atom. The summed E-state index contributed by atoms with van der Waals surface area (Å²) in [5, 5.41) is 1.53. The third-order valence-electron chi connectivity index (χ3n) is 4.64. The highest BCUT2D eigenvalue weighted by atomic mass is 35.5. The molecule has 1 aromatic heterocycles. The molecule has 1 atom stereocenters. The van der Waals surface area contributed by atoms with E-state index in [-0.39, 0.29) is 5.78 Å². The lowest BCUT2D eigenvalue weighted by Gasteiger charge is -2.18. The lowest BCUT2D eigenvalue weighted by Crippen LogP contribution is -2.25. The Kier molecular flexibility index (Phi) is 5.64. The standard InChI is InChI=1S/C18H22ClN3OS/c1-21-10-3-4-15(21)9-11-24-18-20-12-16(22(18)2)17(23)13-5-7-14(19)8-6-13/h5-8,12,15H,3-4,9-11H2,1-2H3. The van der Waals surface area contributed by atoms with E-state index in [1.807, 2.05) is 11.6 Å². The first-order valence-electron chi connectivity index (χ1n) is 8.21. The third kappa shape index (κ3) is 3.85. The van der Waals surface area contributed by atoms with Crippen molar-refractivity contribution in [3.05, 3.63) is 46.7 Å². The summed E-state index contributed by atoms with van der Waals surface area (Å²) in [7, 11) is 4.10. The molecule has 1 aromatic carbocycles. The predicted octanol–water partition coefficient (Wildman–Crippen LogP) is 3.88. The maximum absolute atomic E-state index is 12.6. The summed E-state index contributed by atoms with van der Waals surface area (Å²) in [4.78, 5) is 19.5. The van der Waals surface area contributed by atoms with E-state index in [0.717, 1.165) is 17.3 Å². The second kappa shape index (κ2) is 7.72. The van der Waals surface area contributed by atoms with E-state index < -0.39 is 0 Å². The molecule has 1 fully saturated rings. The minimum absolute atomic E-state index is 0.0240. The van der Waals surface area contributed by atoms with Crippen LogP contribution in [0.15, 0.2) is 35.6 Å². The minimum atomic E-state index is -0.0240. The van der Waals surface area contributed by atoms with Crippen LogP contribution in [0.25, 0.3) is 0 Å². The molecule has 128 valence electrons. The largest absolute Gasteiger partial charge is 0.319 e. The second-order valence-electron chi connectivity index (χ2n) is 6.23. The fraction of sp³-hybridized carbons (Fsp3) is 0.444. The Hall–Kier alpha value is -1.30. The van der Waals surface area contributed by atoms with E-state index in [2.05, 4.69) is 16.9 Å². The molecule has 4 nitrogen and oxygen atoms in total. The van der Waals surface area contributed by atoms with Gasteiger partial charge < -0.3 is 9.47 Å². The Balaban J connectivity index is 1.63. The van der Waals surface area contributed by atoms with Crippen molar-refractivity contribution >= 4 is 29.1 Å². The first-order chi connectivity index (χ1) is 11.6. The Morgan fingerprint density at radius 2 is 2.08 bits per heavy atom. The first-order valence-corrected chi connectivity index (χ1v) is 9.57. The highest BCUT2D eigenvalue weighted by molar-refractivity contribution is 7.99. The van der Waals surface area contributed by atoms with E-state index in [1.54, 1.807) is 42.2 Å². The predicted molar refractivity (Wildman–Crippen MR) is 99.1 cm³/mol. The molecular formula is C18H22ClN3OS. The third-order valence-corrected chi connectivity index (χ3v) is 5.97. The van der Waals surface area contributed by atoms with E-state index in [9.17, 15) is 4.79 Å². The maximum Gasteiger partial charge on any atom is 0.211 e. The normalized spacial score (nSPS) is 18.2. The molecule has 1 aliphatic heterocycles. The van der Waals surface area contributed by atoms with Gasteiger partial charge in [0.15, 0.2) is 5.16 Å². The SMILES string of the molecule is CN1CCCC1CCSc1ncc(C(=O)c2ccc(Cl)cc2)n1C. The van der Waals surface area contributed by atoms with Gasteiger partial charge in [-0.15, -0.1) is 0 Å². The molecule has 6 heteroatoms. The van der Waals surface area contributed by atoms with Gasteiger partial charge in [-0.05, 0) is 57.1 Å². The van der Waals surface area contributed by atoms with E-state index in [4.69, 9.17) is 11.6 Å². The monoisotopic (exact) mass is 363 g/mol. The molecular weight excluding hydrogens is 342 g/mol. The number of imidazole rings is 1. The Morgan fingerprint density at radius 1 is 1.33 bits per heavy atom. The van der Waals surface area contributed by atoms with Crippen molar-refractivity contribution in [2.24, 2.45) is 7.05 Å². The molecule has 0 spiro atoms. The van der Waals surface area contributed by atoms with Gasteiger partial charge in [-0.1, -0.05) is 23.4 Å². The molecule has 2 aromatic rings. The van der Waals surface area contributed by atoms with Crippen LogP contribution in [0, 0.1) is 0 Å². The van der Waals surface area contributed by atoms with Crippen LogP contribution in [0.1, 0.15) is 35.3 Å². The Bertz CT molecular complexity index is 714. The number of ketones is 1. The van der Waals surface area contributed by atoms with Gasteiger partial charge in [0, 0.05) is 29.4 Å². The van der Waals surface area contributed by atoms with Crippen molar-refractivity contribution in [1.82, 2.24) is 14.5 Å². The van der Waals surface area contributed by atoms with E-state index in [1.165, 1.54) is 19.4 Å². The molecule has 0 N–H and O–H groups in total. The summed E-state index contributed by atoms with van der Waals surface area (Å²) >= 11 is 7.61. The highest BCUT2D eigenvalue weighted by Gasteiger charge is 2.21. The van der Waals surface area contributed by atoms with Gasteiger partial charge in [-0.2, -0.15) is 0 Å². The molecule has 3 rings (SSSR count). The number of benzene rings is 1. The number of halogens is 1. The Labute approximate surface area is 152 Å². The number of thioether (sulfide) groups is 1. The molecule has 1 aliphatic rings. The molecule has 1 saturated heterocycles. The number of nitrogens with zero attached hydrogens (tertiary/aromatic N) is 3. The average Bonchev–Trinajstić information content (AvgIpc) is 3.14. The van der Waals surface area contributed by atoms with Crippen LogP contribution in [0.5, 0.6) is 0 Å². The van der Waals surface area contributed by atoms with Gasteiger partial charge in [-0.25, -0.2) is 4.98 Å². The average molecular weight is 364 g/mol. The van der Waals surface area contributed by atoms with Crippen molar-refractivity contribution < 1.29 is 4.79 Å². The lowest BCUT2D eigenvalue weighted by atomic mass is 10.1. The second-order valence-corrected chi connectivity index (χ2v) is 7.73. The summed E-state index contributed by atoms with van der Waals surface area (Å²) in [6, 6.07) is 7.66. The van der Waals surface area contributed by atoms with Crippen molar-refractivity contribution in [2.75, 3.05) is 19.3 Å². The smallest absolute Gasteiger partial charge is 0.211 e. The van der Waals surface area contributed by atoms with Crippen LogP contribution in [0.4, 0.5) is 0 Å². The van der Waals surface area contributed by atoms with Gasteiger partial charge in [0.05, 0.1) is 6.20 Å². The lowest BCUT2D eigenvalue weighted by molar-refractivity contribution is 0.103. The van der Waals surface area contributed by atoms with Gasteiger partial charge in [0.25, 0.3) is 0 Å². The summed E-state index contributed by atoms with van der Waals surface area (Å²) < 4.78 is 1.89. The molecule has 0 saturated carbocycles. The summed E-state index contributed by atoms with van der Waals surface area (Å²) in [5.74, 6) is 0.998.